The van der Waals surface area contributed by atoms with Crippen molar-refractivity contribution in [1.82, 2.24) is 4.90 Å². The Labute approximate surface area is 155 Å². The van der Waals surface area contributed by atoms with Gasteiger partial charge in [0, 0.05) is 25.4 Å². The van der Waals surface area contributed by atoms with Crippen LogP contribution >= 0.6 is 0 Å². The van der Waals surface area contributed by atoms with E-state index in [0.29, 0.717) is 0 Å². The van der Waals surface area contributed by atoms with Crippen LogP contribution in [-0.2, 0) is 9.16 Å². The molecule has 0 unspecified atom stereocenters. The van der Waals surface area contributed by atoms with Gasteiger partial charge in [-0.3, -0.25) is 0 Å². The molecule has 2 rings (SSSR count). The van der Waals surface area contributed by atoms with Crippen molar-refractivity contribution in [3.8, 4) is 0 Å². The van der Waals surface area contributed by atoms with Gasteiger partial charge in [0.05, 0.1) is 13.2 Å². The van der Waals surface area contributed by atoms with Crippen LogP contribution < -0.4 is 0 Å². The van der Waals surface area contributed by atoms with Crippen LogP contribution in [0, 0.1) is 0 Å². The quantitative estimate of drug-likeness (QED) is 0.494. The van der Waals surface area contributed by atoms with Crippen LogP contribution in [-0.4, -0.2) is 46.1 Å². The van der Waals surface area contributed by atoms with Crippen molar-refractivity contribution < 1.29 is 9.16 Å². The van der Waals surface area contributed by atoms with Crippen molar-refractivity contribution in [3.63, 3.8) is 0 Å². The molecule has 140 valence electrons. The van der Waals surface area contributed by atoms with Crippen molar-refractivity contribution in [2.45, 2.75) is 51.7 Å². The third kappa shape index (κ3) is 5.98. The van der Waals surface area contributed by atoms with Crippen molar-refractivity contribution >= 4 is 14.0 Å². The van der Waals surface area contributed by atoms with Gasteiger partial charge in [-0.2, -0.15) is 0 Å². The molecule has 1 aliphatic heterocycles. The number of nitrogens with zero attached hydrogens (tertiary/aromatic N) is 1. The minimum Gasteiger partial charge on any atom is -0.417 e. The van der Waals surface area contributed by atoms with Crippen LogP contribution in [0.2, 0.25) is 18.1 Å². The molecule has 0 bridgehead atoms. The van der Waals surface area contributed by atoms with Gasteiger partial charge >= 0.3 is 0 Å². The molecule has 1 aliphatic rings. The van der Waals surface area contributed by atoms with Crippen LogP contribution in [0.15, 0.2) is 36.4 Å². The molecule has 0 atom stereocenters. The normalized spacial score (nSPS) is 17.0. The summed E-state index contributed by atoms with van der Waals surface area (Å²) in [5, 5.41) is 0.284. The first-order valence-electron chi connectivity index (χ1n) is 9.53. The minimum atomic E-state index is -1.63. The number of rotatable bonds is 7. The van der Waals surface area contributed by atoms with E-state index in [0.717, 1.165) is 45.8 Å². The van der Waals surface area contributed by atoms with E-state index in [1.807, 2.05) is 0 Å². The number of allylic oxidation sites excluding steroid dienone is 1. The molecule has 1 aromatic rings. The first-order valence-corrected chi connectivity index (χ1v) is 12.4. The zero-order valence-electron chi connectivity index (χ0n) is 16.7. The van der Waals surface area contributed by atoms with E-state index in [4.69, 9.17) is 9.16 Å². The van der Waals surface area contributed by atoms with E-state index >= 15 is 0 Å². The van der Waals surface area contributed by atoms with Gasteiger partial charge in [0.25, 0.3) is 0 Å². The third-order valence-electron chi connectivity index (χ3n) is 5.38. The van der Waals surface area contributed by atoms with Crippen molar-refractivity contribution in [3.05, 3.63) is 42.0 Å². The molecule has 0 radical (unpaired) electrons. The summed E-state index contributed by atoms with van der Waals surface area (Å²) in [6.45, 7) is 16.0. The van der Waals surface area contributed by atoms with Gasteiger partial charge in [-0.1, -0.05) is 57.2 Å². The maximum atomic E-state index is 6.30. The van der Waals surface area contributed by atoms with Gasteiger partial charge in [-0.15, -0.1) is 0 Å². The largest absolute Gasteiger partial charge is 0.417 e. The summed E-state index contributed by atoms with van der Waals surface area (Å²) < 4.78 is 11.8. The summed E-state index contributed by atoms with van der Waals surface area (Å²) in [5.41, 5.74) is 2.64. The first kappa shape index (κ1) is 20.2. The van der Waals surface area contributed by atoms with Crippen LogP contribution in [0.1, 0.15) is 39.2 Å². The molecule has 1 saturated heterocycles. The van der Waals surface area contributed by atoms with E-state index in [2.05, 4.69) is 75.2 Å². The fourth-order valence-electron chi connectivity index (χ4n) is 2.71. The number of hydrogen-bond donors (Lipinski definition) is 0. The molecule has 0 aromatic heterocycles. The highest BCUT2D eigenvalue weighted by atomic mass is 28.4. The zero-order chi connectivity index (χ0) is 18.3. The average molecular weight is 362 g/mol. The fraction of sp³-hybridized carbons (Fsp3) is 0.619. The molecule has 0 amide bonds. The molecule has 0 aliphatic carbocycles. The maximum absolute atomic E-state index is 6.30. The lowest BCUT2D eigenvalue weighted by atomic mass is 10.1. The Morgan fingerprint density at radius 3 is 2.40 bits per heavy atom. The smallest absolute Gasteiger partial charge is 0.191 e. The van der Waals surface area contributed by atoms with E-state index in [-0.39, 0.29) is 5.04 Å². The molecule has 1 fully saturated rings. The predicted molar refractivity (Wildman–Crippen MR) is 109 cm³/mol. The summed E-state index contributed by atoms with van der Waals surface area (Å²) in [6, 6.07) is 10.7. The Balaban J connectivity index is 1.94. The monoisotopic (exact) mass is 361 g/mol. The SMILES string of the molecule is CC(C)(C)[Si](C)(C)OCCC/C=C(\c1ccccc1)N1CCOCC1. The molecule has 4 heteroatoms. The fourth-order valence-corrected chi connectivity index (χ4v) is 3.80. The first-order chi connectivity index (χ1) is 11.8. The number of ether oxygens (including phenoxy) is 1. The Hall–Kier alpha value is -1.10. The summed E-state index contributed by atoms with van der Waals surface area (Å²) in [5.74, 6) is 0. The van der Waals surface area contributed by atoms with Gasteiger partial charge in [-0.05, 0) is 36.5 Å². The second kappa shape index (κ2) is 9.02. The highest BCUT2D eigenvalue weighted by molar-refractivity contribution is 6.74. The van der Waals surface area contributed by atoms with E-state index in [9.17, 15) is 0 Å². The van der Waals surface area contributed by atoms with E-state index in [1.54, 1.807) is 0 Å². The molecule has 0 saturated carbocycles. The predicted octanol–water partition coefficient (Wildman–Crippen LogP) is 5.16. The standard InChI is InChI=1S/C21H35NO2Si/c1-21(2,3)25(4,5)24-16-10-9-13-20(19-11-7-6-8-12-19)22-14-17-23-18-15-22/h6-8,11-13H,9-10,14-18H2,1-5H3/b20-13+. The number of hydrogen-bond acceptors (Lipinski definition) is 3. The van der Waals surface area contributed by atoms with Crippen LogP contribution in [0.25, 0.3) is 5.70 Å². The Morgan fingerprint density at radius 1 is 1.16 bits per heavy atom. The van der Waals surface area contributed by atoms with E-state index in [1.165, 1.54) is 11.3 Å². The Kier molecular flexibility index (Phi) is 7.29. The van der Waals surface area contributed by atoms with Gasteiger partial charge in [0.15, 0.2) is 8.32 Å². The Morgan fingerprint density at radius 2 is 1.80 bits per heavy atom. The maximum Gasteiger partial charge on any atom is 0.191 e. The number of unbranched alkanes of at least 4 members (excludes halogenated alkanes) is 1. The Bertz CT molecular complexity index is 543. The second-order valence-electron chi connectivity index (χ2n) is 8.31. The van der Waals surface area contributed by atoms with Gasteiger partial charge in [-0.25, -0.2) is 0 Å². The summed E-state index contributed by atoms with van der Waals surface area (Å²) in [6.07, 6.45) is 4.51. The summed E-state index contributed by atoms with van der Waals surface area (Å²) >= 11 is 0. The lowest BCUT2D eigenvalue weighted by molar-refractivity contribution is 0.0638. The van der Waals surface area contributed by atoms with Gasteiger partial charge < -0.3 is 14.1 Å². The lowest BCUT2D eigenvalue weighted by Crippen LogP contribution is -2.40. The van der Waals surface area contributed by atoms with E-state index < -0.39 is 8.32 Å². The van der Waals surface area contributed by atoms with Crippen LogP contribution in [0.5, 0.6) is 0 Å². The highest BCUT2D eigenvalue weighted by Gasteiger charge is 2.36. The molecule has 25 heavy (non-hydrogen) atoms. The molecule has 3 nitrogen and oxygen atoms in total. The van der Waals surface area contributed by atoms with Crippen LogP contribution in [0.3, 0.4) is 0 Å². The number of morpholine rings is 1. The summed E-state index contributed by atoms with van der Waals surface area (Å²) in [4.78, 5) is 2.45. The van der Waals surface area contributed by atoms with Crippen molar-refractivity contribution in [2.75, 3.05) is 32.9 Å². The van der Waals surface area contributed by atoms with Gasteiger partial charge in [0.1, 0.15) is 0 Å². The average Bonchev–Trinajstić information content (AvgIpc) is 2.58. The molecule has 1 aromatic carbocycles. The van der Waals surface area contributed by atoms with Crippen molar-refractivity contribution in [2.24, 2.45) is 0 Å². The topological polar surface area (TPSA) is 21.7 Å². The zero-order valence-corrected chi connectivity index (χ0v) is 17.7. The van der Waals surface area contributed by atoms with Crippen LogP contribution in [0.4, 0.5) is 0 Å². The molecule has 1 heterocycles. The molecule has 0 spiro atoms. The molecule has 0 N–H and O–H groups in total. The number of benzene rings is 1. The summed E-state index contributed by atoms with van der Waals surface area (Å²) in [7, 11) is -1.63. The third-order valence-corrected chi connectivity index (χ3v) is 9.91. The lowest BCUT2D eigenvalue weighted by Gasteiger charge is -2.36. The molecular weight excluding hydrogens is 326 g/mol. The van der Waals surface area contributed by atoms with Gasteiger partial charge in [0.2, 0.25) is 0 Å². The van der Waals surface area contributed by atoms with Crippen molar-refractivity contribution in [1.29, 1.82) is 0 Å². The minimum absolute atomic E-state index is 0.284. The highest BCUT2D eigenvalue weighted by Crippen LogP contribution is 2.36. The second-order valence-corrected chi connectivity index (χ2v) is 13.1. The molecular formula is C21H35NO2Si.